The van der Waals surface area contributed by atoms with Gasteiger partial charge in [0.25, 0.3) is 5.91 Å². The summed E-state index contributed by atoms with van der Waals surface area (Å²) in [7, 11) is 0. The molecule has 3 rings (SSSR count). The van der Waals surface area contributed by atoms with Crippen molar-refractivity contribution in [3.05, 3.63) is 59.7 Å². The van der Waals surface area contributed by atoms with Gasteiger partial charge >= 0.3 is 0 Å². The Balaban J connectivity index is 1.63. The summed E-state index contributed by atoms with van der Waals surface area (Å²) >= 11 is 0. The van der Waals surface area contributed by atoms with Gasteiger partial charge in [0.15, 0.2) is 0 Å². The maximum atomic E-state index is 12.3. The summed E-state index contributed by atoms with van der Waals surface area (Å²) in [4.78, 5) is 12.3. The molecule has 0 bridgehead atoms. The molecule has 2 aromatic rings. The van der Waals surface area contributed by atoms with Crippen LogP contribution in [-0.2, 0) is 5.41 Å². The van der Waals surface area contributed by atoms with Crippen LogP contribution in [0.1, 0.15) is 49.5 Å². The average Bonchev–Trinajstić information content (AvgIpc) is 3.32. The second kappa shape index (κ2) is 6.07. The minimum absolute atomic E-state index is 0.0756. The summed E-state index contributed by atoms with van der Waals surface area (Å²) in [6.45, 7) is 6.50. The van der Waals surface area contributed by atoms with Gasteiger partial charge in [-0.1, -0.05) is 32.9 Å². The first-order valence-electron chi connectivity index (χ1n) is 8.20. The molecule has 1 fully saturated rings. The number of carbonyl (C=O) groups excluding carboxylic acids is 1. The van der Waals surface area contributed by atoms with Crippen LogP contribution < -0.4 is 10.6 Å². The molecule has 3 heteroatoms. The molecular weight excluding hydrogens is 284 g/mol. The lowest BCUT2D eigenvalue weighted by Gasteiger charge is -2.19. The number of amides is 1. The normalized spacial score (nSPS) is 14.4. The van der Waals surface area contributed by atoms with E-state index in [-0.39, 0.29) is 11.3 Å². The monoisotopic (exact) mass is 308 g/mol. The summed E-state index contributed by atoms with van der Waals surface area (Å²) in [5.74, 6) is -0.0756. The highest BCUT2D eigenvalue weighted by atomic mass is 16.1. The van der Waals surface area contributed by atoms with Crippen molar-refractivity contribution in [2.24, 2.45) is 0 Å². The van der Waals surface area contributed by atoms with E-state index in [4.69, 9.17) is 0 Å². The van der Waals surface area contributed by atoms with Crippen LogP contribution in [-0.4, -0.2) is 11.9 Å². The predicted molar refractivity (Wildman–Crippen MR) is 96.2 cm³/mol. The van der Waals surface area contributed by atoms with Gasteiger partial charge in [-0.2, -0.15) is 0 Å². The van der Waals surface area contributed by atoms with Crippen molar-refractivity contribution >= 4 is 17.3 Å². The van der Waals surface area contributed by atoms with E-state index < -0.39 is 0 Å². The Morgan fingerprint density at radius 2 is 1.48 bits per heavy atom. The molecule has 2 N–H and O–H groups in total. The quantitative estimate of drug-likeness (QED) is 0.851. The molecule has 0 atom stereocenters. The Labute approximate surface area is 138 Å². The molecule has 2 aromatic carbocycles. The van der Waals surface area contributed by atoms with Crippen molar-refractivity contribution < 1.29 is 4.79 Å². The van der Waals surface area contributed by atoms with Gasteiger partial charge in [0, 0.05) is 23.0 Å². The second-order valence-electron chi connectivity index (χ2n) is 7.28. The summed E-state index contributed by atoms with van der Waals surface area (Å²) in [6.07, 6.45) is 2.51. The highest BCUT2D eigenvalue weighted by molar-refractivity contribution is 6.04. The Hall–Kier alpha value is -2.29. The largest absolute Gasteiger partial charge is 0.382 e. The zero-order chi connectivity index (χ0) is 16.4. The first-order valence-corrected chi connectivity index (χ1v) is 8.20. The third-order valence-corrected chi connectivity index (χ3v) is 4.10. The second-order valence-corrected chi connectivity index (χ2v) is 7.28. The lowest BCUT2D eigenvalue weighted by molar-refractivity contribution is 0.102. The van der Waals surface area contributed by atoms with E-state index in [1.807, 2.05) is 48.5 Å². The number of nitrogens with one attached hydrogen (secondary N) is 2. The zero-order valence-corrected chi connectivity index (χ0v) is 14.0. The average molecular weight is 308 g/mol. The van der Waals surface area contributed by atoms with Crippen LogP contribution in [0.2, 0.25) is 0 Å². The number of anilines is 2. The van der Waals surface area contributed by atoms with Crippen LogP contribution in [0.15, 0.2) is 48.5 Å². The number of carbonyl (C=O) groups is 1. The van der Waals surface area contributed by atoms with E-state index in [0.29, 0.717) is 11.6 Å². The minimum Gasteiger partial charge on any atom is -0.382 e. The lowest BCUT2D eigenvalue weighted by atomic mass is 9.87. The predicted octanol–water partition coefficient (Wildman–Crippen LogP) is 4.81. The van der Waals surface area contributed by atoms with Crippen LogP contribution in [0.3, 0.4) is 0 Å². The van der Waals surface area contributed by atoms with Crippen LogP contribution in [0, 0.1) is 0 Å². The van der Waals surface area contributed by atoms with E-state index >= 15 is 0 Å². The SMILES string of the molecule is CC(C)(C)c1ccc(C(=O)Nc2ccc(NC3CC3)cc2)cc1. The van der Waals surface area contributed by atoms with Crippen molar-refractivity contribution in [1.29, 1.82) is 0 Å². The number of hydrogen-bond donors (Lipinski definition) is 2. The van der Waals surface area contributed by atoms with E-state index in [1.165, 1.54) is 18.4 Å². The Kier molecular flexibility index (Phi) is 4.12. The first kappa shape index (κ1) is 15.6. The van der Waals surface area contributed by atoms with Gasteiger partial charge in [-0.25, -0.2) is 0 Å². The molecule has 3 nitrogen and oxygen atoms in total. The summed E-state index contributed by atoms with van der Waals surface area (Å²) in [5.41, 5.74) is 3.93. The molecule has 1 aliphatic rings. The van der Waals surface area contributed by atoms with Gasteiger partial charge in [0.2, 0.25) is 0 Å². The smallest absolute Gasteiger partial charge is 0.255 e. The molecule has 120 valence electrons. The fraction of sp³-hybridized carbons (Fsp3) is 0.350. The number of rotatable bonds is 4. The van der Waals surface area contributed by atoms with Crippen molar-refractivity contribution in [3.8, 4) is 0 Å². The van der Waals surface area contributed by atoms with Crippen molar-refractivity contribution in [3.63, 3.8) is 0 Å². The minimum atomic E-state index is -0.0756. The molecule has 0 radical (unpaired) electrons. The molecule has 0 unspecified atom stereocenters. The molecule has 1 saturated carbocycles. The van der Waals surface area contributed by atoms with Crippen LogP contribution in [0.4, 0.5) is 11.4 Å². The molecule has 0 spiro atoms. The molecule has 1 aliphatic carbocycles. The van der Waals surface area contributed by atoms with Crippen LogP contribution >= 0.6 is 0 Å². The molecule has 0 saturated heterocycles. The Bertz CT molecular complexity index is 677. The highest BCUT2D eigenvalue weighted by Crippen LogP contribution is 2.25. The summed E-state index contributed by atoms with van der Waals surface area (Å²) in [5, 5.41) is 6.38. The van der Waals surface area contributed by atoms with Gasteiger partial charge in [-0.05, 0) is 60.2 Å². The van der Waals surface area contributed by atoms with Gasteiger partial charge in [0.1, 0.15) is 0 Å². The maximum Gasteiger partial charge on any atom is 0.255 e. The summed E-state index contributed by atoms with van der Waals surface area (Å²) in [6, 6.07) is 16.4. The maximum absolute atomic E-state index is 12.3. The van der Waals surface area contributed by atoms with Gasteiger partial charge in [-0.15, -0.1) is 0 Å². The molecule has 1 amide bonds. The zero-order valence-electron chi connectivity index (χ0n) is 14.0. The van der Waals surface area contributed by atoms with E-state index in [9.17, 15) is 4.79 Å². The van der Waals surface area contributed by atoms with Gasteiger partial charge in [0.05, 0.1) is 0 Å². The third-order valence-electron chi connectivity index (χ3n) is 4.10. The highest BCUT2D eigenvalue weighted by Gasteiger charge is 2.20. The molecular formula is C20H24N2O. The van der Waals surface area contributed by atoms with Gasteiger partial charge in [-0.3, -0.25) is 4.79 Å². The standard InChI is InChI=1S/C20H24N2O/c1-20(2,3)15-6-4-14(5-7-15)19(23)22-18-12-10-17(11-13-18)21-16-8-9-16/h4-7,10-13,16,21H,8-9H2,1-3H3,(H,22,23). The molecule has 0 aromatic heterocycles. The van der Waals surface area contributed by atoms with Crippen molar-refractivity contribution in [2.75, 3.05) is 10.6 Å². The Morgan fingerprint density at radius 1 is 0.913 bits per heavy atom. The van der Waals surface area contributed by atoms with E-state index in [1.54, 1.807) is 0 Å². The lowest BCUT2D eigenvalue weighted by Crippen LogP contribution is -2.14. The fourth-order valence-corrected chi connectivity index (χ4v) is 2.44. The van der Waals surface area contributed by atoms with Crippen molar-refractivity contribution in [2.45, 2.75) is 45.1 Å². The van der Waals surface area contributed by atoms with E-state index in [2.05, 4.69) is 31.4 Å². The van der Waals surface area contributed by atoms with Gasteiger partial charge < -0.3 is 10.6 Å². The van der Waals surface area contributed by atoms with Crippen LogP contribution in [0.25, 0.3) is 0 Å². The summed E-state index contributed by atoms with van der Waals surface area (Å²) < 4.78 is 0. The Morgan fingerprint density at radius 3 is 2.00 bits per heavy atom. The molecule has 0 heterocycles. The molecule has 0 aliphatic heterocycles. The number of hydrogen-bond acceptors (Lipinski definition) is 2. The third kappa shape index (κ3) is 4.13. The van der Waals surface area contributed by atoms with Crippen molar-refractivity contribution in [1.82, 2.24) is 0 Å². The van der Waals surface area contributed by atoms with E-state index in [0.717, 1.165) is 11.4 Å². The first-order chi connectivity index (χ1) is 10.9. The van der Waals surface area contributed by atoms with Crippen LogP contribution in [0.5, 0.6) is 0 Å². The number of benzene rings is 2. The fourth-order valence-electron chi connectivity index (χ4n) is 2.44. The molecule has 23 heavy (non-hydrogen) atoms. The topological polar surface area (TPSA) is 41.1 Å².